The molecule has 2 saturated heterocycles. The molecule has 3 fully saturated rings. The van der Waals surface area contributed by atoms with Crippen molar-refractivity contribution in [2.75, 3.05) is 6.61 Å². The lowest BCUT2D eigenvalue weighted by molar-refractivity contribution is -0.154. The average molecular weight is 493 g/mol. The zero-order valence-corrected chi connectivity index (χ0v) is 21.4. The summed E-state index contributed by atoms with van der Waals surface area (Å²) < 4.78 is 12.4. The number of rotatable bonds is 1. The molecule has 6 heteroatoms. The number of carbonyl (C=O) groups is 2. The van der Waals surface area contributed by atoms with E-state index in [0.29, 0.717) is 24.8 Å². The highest BCUT2D eigenvalue weighted by Gasteiger charge is 2.77. The Labute approximate surface area is 212 Å². The number of esters is 2. The van der Waals surface area contributed by atoms with Gasteiger partial charge in [0, 0.05) is 28.7 Å². The topological polar surface area (TPSA) is 93.1 Å². The van der Waals surface area contributed by atoms with Gasteiger partial charge in [-0.3, -0.25) is 4.79 Å². The number of hydrogen-bond donors (Lipinski definition) is 2. The van der Waals surface area contributed by atoms with Gasteiger partial charge in [-0.15, -0.1) is 0 Å². The highest BCUT2D eigenvalue weighted by Crippen LogP contribution is 2.76. The van der Waals surface area contributed by atoms with Crippen molar-refractivity contribution in [3.05, 3.63) is 46.1 Å². The SMILES string of the molecule is C=C1C(=O)O[C@@H]2C3=C([C@H]4C[C@@]3(C)[C@]3(C4)C(=O)O[C@@H]4[C@H]5C(C)=CCC5=C(CO)CC[C@H]43)[C@@](C)(O)CC[C@@H]12. The molecule has 0 aromatic heterocycles. The molecule has 5 aliphatic carbocycles. The Morgan fingerprint density at radius 2 is 1.92 bits per heavy atom. The Morgan fingerprint density at radius 3 is 2.67 bits per heavy atom. The maximum atomic E-state index is 14.1. The fraction of sp³-hybridized carbons (Fsp3) is 0.667. The normalized spacial score (nSPS) is 48.9. The fourth-order valence-electron chi connectivity index (χ4n) is 10.0. The van der Waals surface area contributed by atoms with E-state index < -0.39 is 22.5 Å². The molecule has 192 valence electrons. The van der Waals surface area contributed by atoms with Crippen LogP contribution in [0.4, 0.5) is 0 Å². The molecule has 0 radical (unpaired) electrons. The van der Waals surface area contributed by atoms with Crippen LogP contribution in [-0.2, 0) is 19.1 Å². The number of ether oxygens (including phenoxy) is 2. The molecule has 0 unspecified atom stereocenters. The minimum atomic E-state index is -0.995. The van der Waals surface area contributed by atoms with Gasteiger partial charge < -0.3 is 19.7 Å². The quantitative estimate of drug-likeness (QED) is 0.327. The molecule has 6 nitrogen and oxygen atoms in total. The molecule has 0 aromatic rings. The molecule has 2 aliphatic heterocycles. The molecule has 9 atom stereocenters. The van der Waals surface area contributed by atoms with Crippen molar-refractivity contribution in [3.63, 3.8) is 0 Å². The third kappa shape index (κ3) is 2.46. The van der Waals surface area contributed by atoms with Crippen LogP contribution in [0.1, 0.15) is 65.7 Å². The van der Waals surface area contributed by atoms with Crippen LogP contribution < -0.4 is 0 Å². The van der Waals surface area contributed by atoms with Gasteiger partial charge in [0.25, 0.3) is 0 Å². The van der Waals surface area contributed by atoms with E-state index in [-0.39, 0.29) is 48.3 Å². The summed E-state index contributed by atoms with van der Waals surface area (Å²) >= 11 is 0. The molecule has 1 spiro atoms. The number of aliphatic hydroxyl groups excluding tert-OH is 1. The standard InChI is InChI=1S/C30H36O6/c1-14-5-7-19-16(13-31)6-8-20-25(21(14)19)36-27(33)30(20)12-17-11-28(30,3)23-22(17)29(4,34)10-9-18-15(2)26(32)35-24(18)23/h5,17-18,20-21,24-25,31,34H,2,6-13H2,1,3-4H3/t17-,18-,20+,21-,24-,25-,28+,29-,30-/m0/s1. The van der Waals surface area contributed by atoms with Crippen molar-refractivity contribution in [2.24, 2.45) is 34.5 Å². The van der Waals surface area contributed by atoms with Crippen molar-refractivity contribution in [3.8, 4) is 0 Å². The van der Waals surface area contributed by atoms with E-state index in [9.17, 15) is 19.8 Å². The highest BCUT2D eigenvalue weighted by molar-refractivity contribution is 5.92. The lowest BCUT2D eigenvalue weighted by Crippen LogP contribution is -2.50. The van der Waals surface area contributed by atoms with E-state index in [1.165, 1.54) is 11.1 Å². The Morgan fingerprint density at radius 1 is 1.14 bits per heavy atom. The molecule has 1 saturated carbocycles. The summed E-state index contributed by atoms with van der Waals surface area (Å²) in [5.74, 6) is -0.538. The van der Waals surface area contributed by atoms with Crippen LogP contribution in [0.3, 0.4) is 0 Å². The summed E-state index contributed by atoms with van der Waals surface area (Å²) in [5, 5.41) is 21.9. The van der Waals surface area contributed by atoms with Crippen molar-refractivity contribution in [2.45, 2.75) is 83.5 Å². The molecule has 7 rings (SSSR count). The van der Waals surface area contributed by atoms with Crippen LogP contribution >= 0.6 is 0 Å². The smallest absolute Gasteiger partial charge is 0.334 e. The molecular weight excluding hydrogens is 456 g/mol. The van der Waals surface area contributed by atoms with Crippen molar-refractivity contribution < 1.29 is 29.3 Å². The number of hydrogen-bond acceptors (Lipinski definition) is 6. The summed E-state index contributed by atoms with van der Waals surface area (Å²) in [6.45, 7) is 10.3. The Kier molecular flexibility index (Phi) is 4.48. The number of carbonyl (C=O) groups excluding carboxylic acids is 2. The first-order valence-electron chi connectivity index (χ1n) is 13.6. The molecule has 2 heterocycles. The predicted octanol–water partition coefficient (Wildman–Crippen LogP) is 3.93. The molecular formula is C30H36O6. The van der Waals surface area contributed by atoms with Gasteiger partial charge in [0.2, 0.25) is 0 Å². The number of fused-ring (bicyclic) bond motifs is 11. The minimum Gasteiger partial charge on any atom is -0.461 e. The third-order valence-electron chi connectivity index (χ3n) is 11.5. The van der Waals surface area contributed by atoms with Crippen LogP contribution in [-0.4, -0.2) is 46.6 Å². The van der Waals surface area contributed by atoms with Gasteiger partial charge in [0.05, 0.1) is 17.6 Å². The first-order chi connectivity index (χ1) is 17.0. The van der Waals surface area contributed by atoms with Crippen molar-refractivity contribution >= 4 is 11.9 Å². The van der Waals surface area contributed by atoms with Gasteiger partial charge in [-0.1, -0.05) is 30.7 Å². The monoisotopic (exact) mass is 492 g/mol. The lowest BCUT2D eigenvalue weighted by atomic mass is 9.53. The van der Waals surface area contributed by atoms with Gasteiger partial charge in [0.15, 0.2) is 0 Å². The first kappa shape index (κ1) is 23.0. The number of aliphatic hydroxyl groups is 2. The van der Waals surface area contributed by atoms with E-state index in [4.69, 9.17) is 9.47 Å². The molecule has 2 N–H and O–H groups in total. The van der Waals surface area contributed by atoms with E-state index in [2.05, 4.69) is 26.5 Å². The highest BCUT2D eigenvalue weighted by atomic mass is 16.6. The summed E-state index contributed by atoms with van der Waals surface area (Å²) in [7, 11) is 0. The molecule has 36 heavy (non-hydrogen) atoms. The van der Waals surface area contributed by atoms with Crippen LogP contribution in [0.25, 0.3) is 0 Å². The van der Waals surface area contributed by atoms with Crippen molar-refractivity contribution in [1.82, 2.24) is 0 Å². The molecule has 7 aliphatic rings. The maximum Gasteiger partial charge on any atom is 0.334 e. The zero-order valence-electron chi connectivity index (χ0n) is 21.4. The van der Waals surface area contributed by atoms with Gasteiger partial charge in [-0.05, 0) is 81.4 Å². The van der Waals surface area contributed by atoms with E-state index >= 15 is 0 Å². The second-order valence-electron chi connectivity index (χ2n) is 12.9. The van der Waals surface area contributed by atoms with Gasteiger partial charge in [-0.25, -0.2) is 4.79 Å². The second kappa shape index (κ2) is 7.02. The molecule has 0 aromatic carbocycles. The zero-order chi connectivity index (χ0) is 25.4. The van der Waals surface area contributed by atoms with E-state index in [1.807, 2.05) is 6.92 Å². The average Bonchev–Trinajstić information content (AvgIpc) is 3.53. The Hall–Kier alpha value is -2.18. The summed E-state index contributed by atoms with van der Waals surface area (Å²) in [5.41, 5.74) is 3.75. The summed E-state index contributed by atoms with van der Waals surface area (Å²) in [6.07, 6.45) is 6.53. The third-order valence-corrected chi connectivity index (χ3v) is 11.5. The summed E-state index contributed by atoms with van der Waals surface area (Å²) in [4.78, 5) is 26.8. The lowest BCUT2D eigenvalue weighted by Gasteiger charge is -2.48. The fourth-order valence-corrected chi connectivity index (χ4v) is 10.0. The molecule has 0 amide bonds. The minimum absolute atomic E-state index is 0.00603. The number of allylic oxidation sites excluding steroid dienone is 1. The van der Waals surface area contributed by atoms with Gasteiger partial charge >= 0.3 is 11.9 Å². The Balaban J connectivity index is 1.39. The van der Waals surface area contributed by atoms with Crippen molar-refractivity contribution in [1.29, 1.82) is 0 Å². The van der Waals surface area contributed by atoms with E-state index in [0.717, 1.165) is 42.4 Å². The predicted molar refractivity (Wildman–Crippen MR) is 131 cm³/mol. The van der Waals surface area contributed by atoms with Crippen LogP contribution in [0.5, 0.6) is 0 Å². The first-order valence-corrected chi connectivity index (χ1v) is 13.6. The molecule has 2 bridgehead atoms. The van der Waals surface area contributed by atoms with Crippen LogP contribution in [0.15, 0.2) is 46.1 Å². The van der Waals surface area contributed by atoms with Crippen LogP contribution in [0.2, 0.25) is 0 Å². The second-order valence-corrected chi connectivity index (χ2v) is 12.9. The van der Waals surface area contributed by atoms with Gasteiger partial charge in [-0.2, -0.15) is 0 Å². The maximum absolute atomic E-state index is 14.1. The van der Waals surface area contributed by atoms with E-state index in [1.54, 1.807) is 0 Å². The Bertz CT molecular complexity index is 1220. The largest absolute Gasteiger partial charge is 0.461 e. The van der Waals surface area contributed by atoms with Gasteiger partial charge in [0.1, 0.15) is 12.2 Å². The summed E-state index contributed by atoms with van der Waals surface area (Å²) in [6, 6.07) is 0. The van der Waals surface area contributed by atoms with Crippen LogP contribution in [0, 0.1) is 34.5 Å².